The van der Waals surface area contributed by atoms with E-state index in [1.165, 1.54) is 10.9 Å². The van der Waals surface area contributed by atoms with Crippen molar-refractivity contribution in [3.63, 3.8) is 0 Å². The quantitative estimate of drug-likeness (QED) is 0.458. The molecule has 0 bridgehead atoms. The van der Waals surface area contributed by atoms with Crippen LogP contribution in [0.25, 0.3) is 0 Å². The van der Waals surface area contributed by atoms with Crippen LogP contribution in [0, 0.1) is 4.91 Å². The van der Waals surface area contributed by atoms with Gasteiger partial charge in [0.05, 0.1) is 6.61 Å². The molecule has 1 aromatic heterocycles. The number of hydrogen-bond acceptors (Lipinski definition) is 8. The van der Waals surface area contributed by atoms with Crippen LogP contribution in [0.15, 0.2) is 11.3 Å². The van der Waals surface area contributed by atoms with Crippen molar-refractivity contribution in [2.75, 3.05) is 6.61 Å². The molecule has 0 radical (unpaired) electrons. The number of hydrogen-bond donors (Lipinski definition) is 4. The molecular weight excluding hydrogens is 272 g/mol. The largest absolute Gasteiger partial charge is 0.394 e. The van der Waals surface area contributed by atoms with Crippen LogP contribution in [-0.2, 0) is 4.74 Å². The molecule has 1 saturated heterocycles. The lowest BCUT2D eigenvalue weighted by molar-refractivity contribution is -0.532. The third kappa shape index (κ3) is 1.77. The summed E-state index contributed by atoms with van der Waals surface area (Å²) in [7, 11) is 0. The fourth-order valence-electron chi connectivity index (χ4n) is 2.28. The number of aromatic nitrogens is 2. The summed E-state index contributed by atoms with van der Waals surface area (Å²) in [4.78, 5) is 18.9. The summed E-state index contributed by atoms with van der Waals surface area (Å²) in [6.07, 6.45) is -3.85. The molecule has 5 atom stereocenters. The van der Waals surface area contributed by atoms with E-state index in [2.05, 4.69) is 9.98 Å². The average Bonchev–Trinajstić information content (AvgIpc) is 2.98. The second-order valence-corrected chi connectivity index (χ2v) is 4.57. The topological polar surface area (TPSA) is 140 Å². The first-order valence-corrected chi connectivity index (χ1v) is 5.91. The molecule has 1 fully saturated rings. The van der Waals surface area contributed by atoms with Gasteiger partial charge in [0.1, 0.15) is 24.6 Å². The van der Waals surface area contributed by atoms with Gasteiger partial charge < -0.3 is 25.2 Å². The first-order chi connectivity index (χ1) is 9.54. The number of fused-ring (bicyclic) bond motifs is 1. The fourth-order valence-corrected chi connectivity index (χ4v) is 2.28. The smallest absolute Gasteiger partial charge is 0.331 e. The van der Waals surface area contributed by atoms with Gasteiger partial charge >= 0.3 is 6.34 Å². The second-order valence-electron chi connectivity index (χ2n) is 4.57. The van der Waals surface area contributed by atoms with Gasteiger partial charge in [-0.25, -0.2) is 4.98 Å². The normalized spacial score (nSPS) is 36.4. The first-order valence-electron chi connectivity index (χ1n) is 5.91. The molecule has 0 spiro atoms. The van der Waals surface area contributed by atoms with Gasteiger partial charge in [0.25, 0.3) is 12.0 Å². The van der Waals surface area contributed by atoms with E-state index < -0.39 is 37.4 Å². The lowest BCUT2D eigenvalue weighted by Crippen LogP contribution is -2.33. The summed E-state index contributed by atoms with van der Waals surface area (Å²) in [5.74, 6) is 0.152. The highest BCUT2D eigenvalue weighted by atomic mass is 16.6. The van der Waals surface area contributed by atoms with Crippen molar-refractivity contribution in [3.05, 3.63) is 16.9 Å². The van der Waals surface area contributed by atoms with Crippen molar-refractivity contribution >= 4 is 12.2 Å². The third-order valence-electron chi connectivity index (χ3n) is 3.37. The minimum absolute atomic E-state index is 0.0280. The van der Waals surface area contributed by atoms with E-state index in [-0.39, 0.29) is 16.3 Å². The number of aliphatic hydroxyl groups is 4. The number of imidazole rings is 1. The van der Waals surface area contributed by atoms with E-state index in [0.717, 1.165) is 6.34 Å². The Kier molecular flexibility index (Phi) is 3.11. The SMILES string of the molecule is O=[N+]1C=Nc2c(ncn2C2OC(CO)C(O)C2O)C1O. The van der Waals surface area contributed by atoms with Crippen LogP contribution in [0.1, 0.15) is 18.1 Å². The molecule has 0 amide bonds. The monoisotopic (exact) mass is 285 g/mol. The summed E-state index contributed by atoms with van der Waals surface area (Å²) in [5, 5.41) is 38.3. The van der Waals surface area contributed by atoms with Gasteiger partial charge in [-0.1, -0.05) is 4.91 Å². The Morgan fingerprint density at radius 1 is 1.35 bits per heavy atom. The molecule has 0 saturated carbocycles. The maximum absolute atomic E-state index is 11.2. The molecule has 108 valence electrons. The third-order valence-corrected chi connectivity index (χ3v) is 3.37. The molecule has 2 aliphatic heterocycles. The molecule has 0 aromatic carbocycles. The number of aliphatic hydroxyl groups excluding tert-OH is 4. The average molecular weight is 285 g/mol. The van der Waals surface area contributed by atoms with E-state index in [4.69, 9.17) is 9.84 Å². The summed E-state index contributed by atoms with van der Waals surface area (Å²) in [5.41, 5.74) is 0.0280. The van der Waals surface area contributed by atoms with Gasteiger partial charge in [0.15, 0.2) is 11.9 Å². The molecule has 2 aliphatic rings. The number of ether oxygens (including phenoxy) is 1. The number of nitrogens with zero attached hydrogens (tertiary/aromatic N) is 4. The Bertz CT molecular complexity index is 572. The van der Waals surface area contributed by atoms with E-state index in [1.54, 1.807) is 0 Å². The summed E-state index contributed by atoms with van der Waals surface area (Å²) < 4.78 is 6.86. The molecule has 1 aromatic rings. The Morgan fingerprint density at radius 3 is 2.75 bits per heavy atom. The van der Waals surface area contributed by atoms with Crippen molar-refractivity contribution in [1.29, 1.82) is 0 Å². The van der Waals surface area contributed by atoms with Gasteiger partial charge in [0, 0.05) is 4.76 Å². The van der Waals surface area contributed by atoms with Crippen LogP contribution < -0.4 is 0 Å². The molecular formula is C10H13N4O6+. The molecule has 3 heterocycles. The van der Waals surface area contributed by atoms with Crippen LogP contribution in [0.4, 0.5) is 5.82 Å². The number of nitroso groups, excluding NO2 is 1. The van der Waals surface area contributed by atoms with E-state index >= 15 is 0 Å². The van der Waals surface area contributed by atoms with Gasteiger partial charge in [-0.3, -0.25) is 4.57 Å². The predicted octanol–water partition coefficient (Wildman–Crippen LogP) is -2.06. The standard InChI is InChI=1S/C10H13N4O6/c15-1-4-6(16)7(17)10(20-4)13-2-11-5-8(13)12-3-14(19)9(5)18/h2-4,6-7,9-10,15-18H,1H2/q+1. The van der Waals surface area contributed by atoms with Gasteiger partial charge in [-0.05, 0) is 4.99 Å². The predicted molar refractivity (Wildman–Crippen MR) is 62.0 cm³/mol. The molecule has 10 nitrogen and oxygen atoms in total. The highest BCUT2D eigenvalue weighted by Crippen LogP contribution is 2.36. The van der Waals surface area contributed by atoms with Crippen molar-refractivity contribution < 1.29 is 29.9 Å². The molecule has 0 aliphatic carbocycles. The van der Waals surface area contributed by atoms with E-state index in [1.807, 2.05) is 0 Å². The maximum atomic E-state index is 11.2. The van der Waals surface area contributed by atoms with Gasteiger partial charge in [0.2, 0.25) is 0 Å². The molecule has 3 rings (SSSR count). The fraction of sp³-hybridized carbons (Fsp3) is 0.600. The van der Waals surface area contributed by atoms with Gasteiger partial charge in [-0.15, -0.1) is 0 Å². The summed E-state index contributed by atoms with van der Waals surface area (Å²) in [6, 6.07) is 0. The summed E-state index contributed by atoms with van der Waals surface area (Å²) >= 11 is 0. The lowest BCUT2D eigenvalue weighted by atomic mass is 10.1. The van der Waals surface area contributed by atoms with Crippen LogP contribution in [0.5, 0.6) is 0 Å². The van der Waals surface area contributed by atoms with Gasteiger partial charge in [-0.2, -0.15) is 0 Å². The van der Waals surface area contributed by atoms with Crippen LogP contribution in [-0.4, -0.2) is 66.0 Å². The van der Waals surface area contributed by atoms with Crippen molar-refractivity contribution in [1.82, 2.24) is 9.55 Å². The van der Waals surface area contributed by atoms with Crippen LogP contribution >= 0.6 is 0 Å². The first kappa shape index (κ1) is 13.3. The van der Waals surface area contributed by atoms with Crippen molar-refractivity contribution in [3.8, 4) is 0 Å². The second kappa shape index (κ2) is 4.68. The molecule has 20 heavy (non-hydrogen) atoms. The van der Waals surface area contributed by atoms with Crippen LogP contribution in [0.3, 0.4) is 0 Å². The number of rotatable bonds is 2. The zero-order chi connectivity index (χ0) is 14.4. The van der Waals surface area contributed by atoms with Crippen molar-refractivity contribution in [2.45, 2.75) is 30.8 Å². The highest BCUT2D eigenvalue weighted by Gasteiger charge is 2.46. The maximum Gasteiger partial charge on any atom is 0.331 e. The number of aliphatic imine (C=N–C) groups is 1. The highest BCUT2D eigenvalue weighted by molar-refractivity contribution is 5.56. The molecule has 10 heteroatoms. The van der Waals surface area contributed by atoms with E-state index in [9.17, 15) is 20.2 Å². The zero-order valence-corrected chi connectivity index (χ0v) is 10.1. The van der Waals surface area contributed by atoms with E-state index in [0.29, 0.717) is 0 Å². The lowest BCUT2D eigenvalue weighted by Gasteiger charge is -2.16. The van der Waals surface area contributed by atoms with Crippen molar-refractivity contribution in [2.24, 2.45) is 4.99 Å². The zero-order valence-electron chi connectivity index (χ0n) is 10.1. The minimum atomic E-state index is -1.49. The Balaban J connectivity index is 1.97. The molecule has 4 N–H and O–H groups in total. The summed E-state index contributed by atoms with van der Waals surface area (Å²) in [6.45, 7) is -0.453. The van der Waals surface area contributed by atoms with Crippen LogP contribution in [0.2, 0.25) is 0 Å². The Labute approximate surface area is 112 Å². The minimum Gasteiger partial charge on any atom is -0.394 e. The Morgan fingerprint density at radius 2 is 2.10 bits per heavy atom. The Hall–Kier alpha value is -1.72. The molecule has 5 unspecified atom stereocenters.